The molecule has 0 bridgehead atoms. The van der Waals surface area contributed by atoms with Crippen LogP contribution in [0.4, 0.5) is 0 Å². The first kappa shape index (κ1) is 11.5. The minimum Gasteiger partial charge on any atom is -0.489 e. The molecule has 0 saturated carbocycles. The van der Waals surface area contributed by atoms with Crippen molar-refractivity contribution < 1.29 is 9.53 Å². The molecule has 15 heavy (non-hydrogen) atoms. The van der Waals surface area contributed by atoms with Crippen LogP contribution in [0.5, 0.6) is 5.75 Å². The van der Waals surface area contributed by atoms with E-state index in [1.165, 1.54) is 5.57 Å². The second kappa shape index (κ2) is 5.35. The van der Waals surface area contributed by atoms with Crippen molar-refractivity contribution in [3.05, 3.63) is 41.0 Å². The van der Waals surface area contributed by atoms with Crippen molar-refractivity contribution in [3.63, 3.8) is 0 Å². The fourth-order valence-corrected chi connectivity index (χ4v) is 1.23. The molecule has 80 valence electrons. The van der Waals surface area contributed by atoms with E-state index in [1.807, 2.05) is 45.0 Å². The van der Waals surface area contributed by atoms with Crippen LogP contribution in [0.15, 0.2) is 29.8 Å². The van der Waals surface area contributed by atoms with Gasteiger partial charge in [0.1, 0.15) is 12.4 Å². The molecule has 0 saturated heterocycles. The van der Waals surface area contributed by atoms with E-state index < -0.39 is 0 Å². The zero-order valence-electron chi connectivity index (χ0n) is 9.41. The molecule has 0 fully saturated rings. The van der Waals surface area contributed by atoms with Gasteiger partial charge >= 0.3 is 0 Å². The number of hydrogen-bond donors (Lipinski definition) is 0. The summed E-state index contributed by atoms with van der Waals surface area (Å²) >= 11 is 0. The predicted octanol–water partition coefficient (Wildman–Crippen LogP) is 3.15. The molecule has 2 nitrogen and oxygen atoms in total. The maximum absolute atomic E-state index is 10.8. The molecular formula is C13H16O2. The molecule has 0 aliphatic rings. The van der Waals surface area contributed by atoms with E-state index in [0.29, 0.717) is 17.9 Å². The summed E-state index contributed by atoms with van der Waals surface area (Å²) in [7, 11) is 0. The van der Waals surface area contributed by atoms with E-state index >= 15 is 0 Å². The zero-order chi connectivity index (χ0) is 11.3. The number of aldehydes is 1. The van der Waals surface area contributed by atoms with Gasteiger partial charge in [-0.05, 0) is 38.5 Å². The predicted molar refractivity (Wildman–Crippen MR) is 61.5 cm³/mol. The maximum atomic E-state index is 10.8. The Morgan fingerprint density at radius 2 is 2.13 bits per heavy atom. The summed E-state index contributed by atoms with van der Waals surface area (Å²) in [4.78, 5) is 10.8. The van der Waals surface area contributed by atoms with Crippen LogP contribution in [0.2, 0.25) is 0 Å². The van der Waals surface area contributed by atoms with Gasteiger partial charge < -0.3 is 4.74 Å². The molecule has 1 aromatic rings. The molecule has 0 N–H and O–H groups in total. The number of benzene rings is 1. The first-order chi connectivity index (χ1) is 7.15. The number of allylic oxidation sites excluding steroid dienone is 1. The fraction of sp³-hybridized carbons (Fsp3) is 0.308. The summed E-state index contributed by atoms with van der Waals surface area (Å²) in [6.45, 7) is 6.44. The van der Waals surface area contributed by atoms with Crippen LogP contribution in [-0.2, 0) is 0 Å². The van der Waals surface area contributed by atoms with Gasteiger partial charge in [-0.1, -0.05) is 17.7 Å². The van der Waals surface area contributed by atoms with E-state index in [0.717, 1.165) is 11.8 Å². The normalized spacial score (nSPS) is 9.53. The highest BCUT2D eigenvalue weighted by Crippen LogP contribution is 2.19. The zero-order valence-corrected chi connectivity index (χ0v) is 9.41. The fourth-order valence-electron chi connectivity index (χ4n) is 1.23. The van der Waals surface area contributed by atoms with Crippen molar-refractivity contribution in [1.29, 1.82) is 0 Å². The van der Waals surface area contributed by atoms with Crippen LogP contribution in [-0.4, -0.2) is 12.9 Å². The highest BCUT2D eigenvalue weighted by Gasteiger charge is 2.04. The molecule has 0 spiro atoms. The smallest absolute Gasteiger partial charge is 0.154 e. The summed E-state index contributed by atoms with van der Waals surface area (Å²) in [6, 6.07) is 5.60. The Morgan fingerprint density at radius 1 is 1.40 bits per heavy atom. The minimum absolute atomic E-state index is 0.507. The summed E-state index contributed by atoms with van der Waals surface area (Å²) in [6.07, 6.45) is 2.82. The van der Waals surface area contributed by atoms with Gasteiger partial charge in [-0.25, -0.2) is 0 Å². The van der Waals surface area contributed by atoms with Crippen molar-refractivity contribution >= 4 is 6.29 Å². The lowest BCUT2D eigenvalue weighted by atomic mass is 10.1. The molecule has 0 radical (unpaired) electrons. The first-order valence-corrected chi connectivity index (χ1v) is 4.96. The molecule has 0 heterocycles. The van der Waals surface area contributed by atoms with Crippen LogP contribution in [0.1, 0.15) is 29.8 Å². The van der Waals surface area contributed by atoms with Crippen LogP contribution in [0.3, 0.4) is 0 Å². The molecular weight excluding hydrogens is 188 g/mol. The summed E-state index contributed by atoms with van der Waals surface area (Å²) in [5, 5.41) is 0. The molecule has 0 aliphatic heterocycles. The molecule has 0 aliphatic carbocycles. The second-order valence-corrected chi connectivity index (χ2v) is 3.70. The number of rotatable bonds is 4. The van der Waals surface area contributed by atoms with E-state index in [9.17, 15) is 4.79 Å². The number of aryl methyl sites for hydroxylation is 1. The van der Waals surface area contributed by atoms with Gasteiger partial charge in [-0.2, -0.15) is 0 Å². The van der Waals surface area contributed by atoms with Gasteiger partial charge in [-0.3, -0.25) is 4.79 Å². The monoisotopic (exact) mass is 204 g/mol. The Balaban J connectivity index is 2.81. The second-order valence-electron chi connectivity index (χ2n) is 3.70. The van der Waals surface area contributed by atoms with Crippen LogP contribution in [0, 0.1) is 6.92 Å². The topological polar surface area (TPSA) is 26.3 Å². The van der Waals surface area contributed by atoms with Crippen LogP contribution in [0.25, 0.3) is 0 Å². The molecule has 2 heteroatoms. The van der Waals surface area contributed by atoms with Gasteiger partial charge in [0.15, 0.2) is 6.29 Å². The third-order valence-electron chi connectivity index (χ3n) is 2.13. The lowest BCUT2D eigenvalue weighted by Gasteiger charge is -2.08. The van der Waals surface area contributed by atoms with E-state index in [4.69, 9.17) is 4.74 Å². The maximum Gasteiger partial charge on any atom is 0.154 e. The SMILES string of the molecule is CC(C)=CCOc1cccc(C)c1C=O. The van der Waals surface area contributed by atoms with Crippen molar-refractivity contribution in [2.75, 3.05) is 6.61 Å². The van der Waals surface area contributed by atoms with Gasteiger partial charge in [0, 0.05) is 0 Å². The highest BCUT2D eigenvalue weighted by atomic mass is 16.5. The van der Waals surface area contributed by atoms with Crippen LogP contribution >= 0.6 is 0 Å². The standard InChI is InChI=1S/C13H16O2/c1-10(2)7-8-15-13-6-4-5-11(3)12(13)9-14/h4-7,9H,8H2,1-3H3. The Labute approximate surface area is 90.6 Å². The minimum atomic E-state index is 0.507. The largest absolute Gasteiger partial charge is 0.489 e. The summed E-state index contributed by atoms with van der Waals surface area (Å²) in [5.41, 5.74) is 2.79. The molecule has 0 amide bonds. The highest BCUT2D eigenvalue weighted by molar-refractivity contribution is 5.81. The third kappa shape index (κ3) is 3.24. The van der Waals surface area contributed by atoms with Crippen molar-refractivity contribution in [3.8, 4) is 5.75 Å². The van der Waals surface area contributed by atoms with E-state index in [1.54, 1.807) is 0 Å². The van der Waals surface area contributed by atoms with Gasteiger partial charge in [0.25, 0.3) is 0 Å². The average Bonchev–Trinajstić information content (AvgIpc) is 2.17. The van der Waals surface area contributed by atoms with Crippen molar-refractivity contribution in [2.24, 2.45) is 0 Å². The molecule has 1 aromatic carbocycles. The summed E-state index contributed by atoms with van der Waals surface area (Å²) in [5.74, 6) is 0.655. The lowest BCUT2D eigenvalue weighted by Crippen LogP contribution is -1.99. The number of ether oxygens (including phenoxy) is 1. The number of hydrogen-bond acceptors (Lipinski definition) is 2. The molecule has 0 atom stereocenters. The third-order valence-corrected chi connectivity index (χ3v) is 2.13. The van der Waals surface area contributed by atoms with Gasteiger partial charge in [0.05, 0.1) is 5.56 Å². The van der Waals surface area contributed by atoms with E-state index in [2.05, 4.69) is 0 Å². The summed E-state index contributed by atoms with van der Waals surface area (Å²) < 4.78 is 5.51. The first-order valence-electron chi connectivity index (χ1n) is 4.96. The van der Waals surface area contributed by atoms with Crippen LogP contribution < -0.4 is 4.74 Å². The average molecular weight is 204 g/mol. The Hall–Kier alpha value is -1.57. The van der Waals surface area contributed by atoms with Crippen molar-refractivity contribution in [1.82, 2.24) is 0 Å². The van der Waals surface area contributed by atoms with Gasteiger partial charge in [0.2, 0.25) is 0 Å². The van der Waals surface area contributed by atoms with Crippen molar-refractivity contribution in [2.45, 2.75) is 20.8 Å². The Bertz CT molecular complexity index is 374. The van der Waals surface area contributed by atoms with E-state index in [-0.39, 0.29) is 0 Å². The Kier molecular flexibility index (Phi) is 4.10. The molecule has 0 unspecified atom stereocenters. The molecule has 1 rings (SSSR count). The number of carbonyl (C=O) groups excluding carboxylic acids is 1. The van der Waals surface area contributed by atoms with Gasteiger partial charge in [-0.15, -0.1) is 0 Å². The molecule has 0 aromatic heterocycles. The lowest BCUT2D eigenvalue weighted by molar-refractivity contribution is 0.111. The Morgan fingerprint density at radius 3 is 2.73 bits per heavy atom. The quantitative estimate of drug-likeness (QED) is 0.556. The number of carbonyl (C=O) groups is 1.